The molecule has 0 bridgehead atoms. The second kappa shape index (κ2) is 8.61. The molecule has 3 nitrogen and oxygen atoms in total. The minimum atomic E-state index is -0.291. The van der Waals surface area contributed by atoms with Crippen LogP contribution in [0.3, 0.4) is 0 Å². The van der Waals surface area contributed by atoms with E-state index in [1.54, 1.807) is 0 Å². The topological polar surface area (TPSA) is 51.2 Å². The molecule has 162 valence electrons. The molecule has 30 heavy (non-hydrogen) atoms. The van der Waals surface area contributed by atoms with E-state index in [-0.39, 0.29) is 41.5 Å². The number of carbonyl (C=O) groups excluding carboxylic acids is 3. The van der Waals surface area contributed by atoms with Gasteiger partial charge >= 0.3 is 0 Å². The third-order valence-electron chi connectivity index (χ3n) is 7.32. The van der Waals surface area contributed by atoms with Crippen molar-refractivity contribution < 1.29 is 14.4 Å². The third-order valence-corrected chi connectivity index (χ3v) is 7.32. The molecule has 2 aliphatic rings. The highest BCUT2D eigenvalue weighted by Crippen LogP contribution is 2.48. The number of carbonyl (C=O) groups is 3. The first-order chi connectivity index (χ1) is 14.1. The van der Waals surface area contributed by atoms with Crippen LogP contribution in [0.5, 0.6) is 0 Å². The van der Waals surface area contributed by atoms with E-state index in [0.29, 0.717) is 5.92 Å². The normalized spacial score (nSPS) is 23.5. The van der Waals surface area contributed by atoms with E-state index >= 15 is 0 Å². The number of benzene rings is 1. The van der Waals surface area contributed by atoms with Gasteiger partial charge in [0.2, 0.25) is 0 Å². The first kappa shape index (κ1) is 22.7. The lowest BCUT2D eigenvalue weighted by atomic mass is 9.61. The lowest BCUT2D eigenvalue weighted by molar-refractivity contribution is -0.129. The minimum absolute atomic E-state index is 0.00756. The Morgan fingerprint density at radius 3 is 2.40 bits per heavy atom. The van der Waals surface area contributed by atoms with Gasteiger partial charge in [0.25, 0.3) is 0 Å². The van der Waals surface area contributed by atoms with Gasteiger partial charge in [-0.25, -0.2) is 0 Å². The van der Waals surface area contributed by atoms with Gasteiger partial charge < -0.3 is 0 Å². The maximum atomic E-state index is 13.8. The molecule has 0 saturated carbocycles. The molecule has 0 radical (unpaired) electrons. The number of fused-ring (bicyclic) bond motifs is 2. The van der Waals surface area contributed by atoms with E-state index in [1.165, 1.54) is 18.1 Å². The molecule has 1 aromatic carbocycles. The summed E-state index contributed by atoms with van der Waals surface area (Å²) in [6.45, 7) is 14.1. The number of aryl methyl sites for hydroxylation is 1. The van der Waals surface area contributed by atoms with Crippen LogP contribution in [0.25, 0.3) is 0 Å². The highest BCUT2D eigenvalue weighted by atomic mass is 16.1. The molecular formula is C27H36O3. The quantitative estimate of drug-likeness (QED) is 0.536. The van der Waals surface area contributed by atoms with Crippen LogP contribution in [0.1, 0.15) is 98.8 Å². The molecule has 3 heteroatoms. The van der Waals surface area contributed by atoms with Crippen LogP contribution in [-0.2, 0) is 16.0 Å². The van der Waals surface area contributed by atoms with Crippen LogP contribution in [0.15, 0.2) is 17.2 Å². The van der Waals surface area contributed by atoms with Crippen LogP contribution >= 0.6 is 0 Å². The molecule has 0 aliphatic heterocycles. The van der Waals surface area contributed by atoms with E-state index in [4.69, 9.17) is 0 Å². The first-order valence-electron chi connectivity index (χ1n) is 11.5. The van der Waals surface area contributed by atoms with Crippen molar-refractivity contribution in [2.24, 2.45) is 17.8 Å². The molecule has 1 aromatic rings. The lowest BCUT2D eigenvalue weighted by Gasteiger charge is -2.41. The van der Waals surface area contributed by atoms with E-state index in [9.17, 15) is 14.4 Å². The van der Waals surface area contributed by atoms with Gasteiger partial charge in [0, 0.05) is 17.1 Å². The number of rotatable bonds is 6. The van der Waals surface area contributed by atoms with Gasteiger partial charge in [0.15, 0.2) is 5.78 Å². The number of allylic oxidation sites excluding steroid dienone is 2. The fourth-order valence-electron chi connectivity index (χ4n) is 5.95. The number of hydrogen-bond acceptors (Lipinski definition) is 3. The molecule has 2 aliphatic carbocycles. The van der Waals surface area contributed by atoms with Crippen LogP contribution in [0, 0.1) is 31.6 Å². The fourth-order valence-corrected chi connectivity index (χ4v) is 5.95. The zero-order valence-corrected chi connectivity index (χ0v) is 19.6. The maximum Gasteiger partial charge on any atom is 0.189 e. The molecule has 3 atom stereocenters. The lowest BCUT2D eigenvalue weighted by Crippen LogP contribution is -2.39. The average Bonchev–Trinajstić information content (AvgIpc) is 2.63. The van der Waals surface area contributed by atoms with Crippen molar-refractivity contribution in [3.63, 3.8) is 0 Å². The largest absolute Gasteiger partial charge is 0.300 e. The third kappa shape index (κ3) is 3.84. The number of Topliss-reactive ketones (excluding diaryl/α,β-unsaturated/α-hetero) is 3. The zero-order valence-electron chi connectivity index (χ0n) is 19.6. The Kier molecular flexibility index (Phi) is 6.50. The summed E-state index contributed by atoms with van der Waals surface area (Å²) in [6.07, 6.45) is 3.69. The molecule has 0 spiro atoms. The summed E-state index contributed by atoms with van der Waals surface area (Å²) in [7, 11) is 0. The fraction of sp³-hybridized carbons (Fsp3) is 0.593. The SMILES string of the molecule is CCCC1CC2Cc3c(C(C)C)cc(C)c(C)c3C(=O)C2=C(C)C1C(=O)CC(C)=O. The highest BCUT2D eigenvalue weighted by molar-refractivity contribution is 6.14. The summed E-state index contributed by atoms with van der Waals surface area (Å²) in [4.78, 5) is 38.5. The summed E-state index contributed by atoms with van der Waals surface area (Å²) < 4.78 is 0. The Hall–Kier alpha value is -2.03. The van der Waals surface area contributed by atoms with Crippen molar-refractivity contribution in [2.75, 3.05) is 0 Å². The van der Waals surface area contributed by atoms with Crippen LogP contribution in [0.4, 0.5) is 0 Å². The minimum Gasteiger partial charge on any atom is -0.300 e. The Balaban J connectivity index is 2.17. The van der Waals surface area contributed by atoms with Crippen molar-refractivity contribution >= 4 is 17.3 Å². The predicted octanol–water partition coefficient (Wildman–Crippen LogP) is 6.08. The number of hydrogen-bond donors (Lipinski definition) is 0. The van der Waals surface area contributed by atoms with Crippen LogP contribution in [-0.4, -0.2) is 17.3 Å². The zero-order chi connectivity index (χ0) is 22.3. The standard InChI is InChI=1S/C27H36O3/c1-8-9-19-12-20-13-22-21(14(2)3)10-15(4)17(6)26(22)27(30)25(20)18(7)24(19)23(29)11-16(5)28/h10,14,19-20,24H,8-9,11-13H2,1-7H3. The molecule has 0 N–H and O–H groups in total. The second-order valence-electron chi connectivity index (χ2n) is 9.85. The van der Waals surface area contributed by atoms with Crippen molar-refractivity contribution in [3.8, 4) is 0 Å². The summed E-state index contributed by atoms with van der Waals surface area (Å²) in [5, 5.41) is 0. The Morgan fingerprint density at radius 1 is 1.17 bits per heavy atom. The summed E-state index contributed by atoms with van der Waals surface area (Å²) in [5.41, 5.74) is 7.41. The van der Waals surface area contributed by atoms with Crippen molar-refractivity contribution in [1.29, 1.82) is 0 Å². The van der Waals surface area contributed by atoms with Gasteiger partial charge in [-0.2, -0.15) is 0 Å². The average molecular weight is 409 g/mol. The van der Waals surface area contributed by atoms with E-state index < -0.39 is 0 Å². The molecule has 0 saturated heterocycles. The van der Waals surface area contributed by atoms with Gasteiger partial charge in [-0.15, -0.1) is 0 Å². The summed E-state index contributed by atoms with van der Waals surface area (Å²) in [6, 6.07) is 2.26. The monoisotopic (exact) mass is 408 g/mol. The number of ketones is 3. The molecule has 0 heterocycles. The van der Waals surface area contributed by atoms with Crippen molar-refractivity contribution in [1.82, 2.24) is 0 Å². The van der Waals surface area contributed by atoms with E-state index in [1.807, 2.05) is 13.8 Å². The van der Waals surface area contributed by atoms with Gasteiger partial charge in [-0.1, -0.05) is 38.8 Å². The highest BCUT2D eigenvalue weighted by Gasteiger charge is 2.44. The smallest absolute Gasteiger partial charge is 0.189 e. The van der Waals surface area contributed by atoms with Crippen molar-refractivity contribution in [3.05, 3.63) is 45.0 Å². The molecule has 0 fully saturated rings. The van der Waals surface area contributed by atoms with Gasteiger partial charge in [-0.05, 0) is 87.0 Å². The maximum absolute atomic E-state index is 13.8. The van der Waals surface area contributed by atoms with Gasteiger partial charge in [-0.3, -0.25) is 14.4 Å². The Labute approximate surface area is 181 Å². The summed E-state index contributed by atoms with van der Waals surface area (Å²) in [5.74, 6) is 0.506. The van der Waals surface area contributed by atoms with E-state index in [0.717, 1.165) is 53.5 Å². The van der Waals surface area contributed by atoms with Crippen LogP contribution < -0.4 is 0 Å². The Morgan fingerprint density at radius 2 is 1.83 bits per heavy atom. The van der Waals surface area contributed by atoms with Gasteiger partial charge in [0.1, 0.15) is 11.6 Å². The molecular weight excluding hydrogens is 372 g/mol. The summed E-state index contributed by atoms with van der Waals surface area (Å²) >= 11 is 0. The molecule has 0 amide bonds. The second-order valence-corrected chi connectivity index (χ2v) is 9.85. The van der Waals surface area contributed by atoms with Gasteiger partial charge in [0.05, 0.1) is 6.42 Å². The molecule has 3 unspecified atom stereocenters. The molecule has 3 rings (SSSR count). The first-order valence-corrected chi connectivity index (χ1v) is 11.5. The molecule has 0 aromatic heterocycles. The Bertz CT molecular complexity index is 932. The van der Waals surface area contributed by atoms with Crippen molar-refractivity contribution in [2.45, 2.75) is 86.5 Å². The predicted molar refractivity (Wildman–Crippen MR) is 121 cm³/mol. The van der Waals surface area contributed by atoms with Crippen LogP contribution in [0.2, 0.25) is 0 Å². The van der Waals surface area contributed by atoms with E-state index in [2.05, 4.69) is 33.8 Å².